The molecule has 0 radical (unpaired) electrons. The van der Waals surface area contributed by atoms with E-state index in [0.717, 1.165) is 6.42 Å². The molecule has 2 nitrogen and oxygen atoms in total. The van der Waals surface area contributed by atoms with E-state index < -0.39 is 0 Å². The van der Waals surface area contributed by atoms with Gasteiger partial charge < -0.3 is 0 Å². The van der Waals surface area contributed by atoms with Gasteiger partial charge in [-0.05, 0) is 18.9 Å². The summed E-state index contributed by atoms with van der Waals surface area (Å²) in [5.74, 6) is 0. The Kier molecular flexibility index (Phi) is 2.21. The monoisotopic (exact) mass is 172 g/mol. The molecule has 1 aromatic carbocycles. The summed E-state index contributed by atoms with van der Waals surface area (Å²) in [7, 11) is 0. The minimum absolute atomic E-state index is 0.253. The van der Waals surface area contributed by atoms with E-state index in [1.807, 2.05) is 6.21 Å². The van der Waals surface area contributed by atoms with Crippen molar-refractivity contribution in [1.29, 1.82) is 0 Å². The third-order valence-electron chi connectivity index (χ3n) is 2.15. The molecule has 1 aromatic rings. The van der Waals surface area contributed by atoms with Crippen LogP contribution in [0.2, 0.25) is 0 Å². The van der Waals surface area contributed by atoms with Crippen LogP contribution in [0.3, 0.4) is 0 Å². The minimum atomic E-state index is 0.253. The van der Waals surface area contributed by atoms with E-state index in [1.165, 1.54) is 11.1 Å². The fourth-order valence-corrected chi connectivity index (χ4v) is 1.37. The van der Waals surface area contributed by atoms with E-state index in [4.69, 9.17) is 0 Å². The van der Waals surface area contributed by atoms with Crippen molar-refractivity contribution >= 4 is 12.6 Å². The molecule has 66 valence electrons. The standard InChI is InChI=1S/C11H12N2/c1-9-2-4-10(5-3-9)6-11-7-12-8-13-11/h2-5,7-8,11H,6H2,1H3. The van der Waals surface area contributed by atoms with Gasteiger partial charge in [0.15, 0.2) is 0 Å². The summed E-state index contributed by atoms with van der Waals surface area (Å²) in [6.45, 7) is 2.10. The van der Waals surface area contributed by atoms with Crippen LogP contribution < -0.4 is 0 Å². The Bertz CT molecular complexity index is 324. The predicted molar refractivity (Wildman–Crippen MR) is 55.7 cm³/mol. The molecule has 0 aromatic heterocycles. The van der Waals surface area contributed by atoms with Crippen LogP contribution in [-0.4, -0.2) is 18.6 Å². The molecule has 1 aliphatic heterocycles. The van der Waals surface area contributed by atoms with Gasteiger partial charge in [0.05, 0.1) is 6.04 Å². The first kappa shape index (κ1) is 8.17. The summed E-state index contributed by atoms with van der Waals surface area (Å²) in [5, 5.41) is 0. The molecule has 1 heterocycles. The highest BCUT2D eigenvalue weighted by Crippen LogP contribution is 2.08. The Hall–Kier alpha value is -1.44. The van der Waals surface area contributed by atoms with Crippen LogP contribution in [0.5, 0.6) is 0 Å². The van der Waals surface area contributed by atoms with Crippen LogP contribution >= 0.6 is 0 Å². The maximum atomic E-state index is 4.21. The van der Waals surface area contributed by atoms with Crippen LogP contribution in [0.4, 0.5) is 0 Å². The lowest BCUT2D eigenvalue weighted by Crippen LogP contribution is -2.06. The molecule has 1 aliphatic rings. The Morgan fingerprint density at radius 2 is 2.00 bits per heavy atom. The fourth-order valence-electron chi connectivity index (χ4n) is 1.37. The first-order valence-electron chi connectivity index (χ1n) is 4.45. The topological polar surface area (TPSA) is 24.7 Å². The zero-order chi connectivity index (χ0) is 9.10. The van der Waals surface area contributed by atoms with Gasteiger partial charge in [-0.15, -0.1) is 0 Å². The van der Waals surface area contributed by atoms with Crippen LogP contribution in [0.15, 0.2) is 34.3 Å². The van der Waals surface area contributed by atoms with Gasteiger partial charge in [0.2, 0.25) is 0 Å². The van der Waals surface area contributed by atoms with Crippen LogP contribution in [-0.2, 0) is 6.42 Å². The van der Waals surface area contributed by atoms with Crippen molar-refractivity contribution < 1.29 is 0 Å². The van der Waals surface area contributed by atoms with Crippen LogP contribution in [0.1, 0.15) is 11.1 Å². The van der Waals surface area contributed by atoms with Crippen molar-refractivity contribution in [1.82, 2.24) is 0 Å². The van der Waals surface area contributed by atoms with Crippen LogP contribution in [0.25, 0.3) is 0 Å². The number of benzene rings is 1. The average molecular weight is 172 g/mol. The SMILES string of the molecule is Cc1ccc(CC2C=NC=N2)cc1. The van der Waals surface area contributed by atoms with Gasteiger partial charge in [-0.25, -0.2) is 4.99 Å². The highest BCUT2D eigenvalue weighted by molar-refractivity contribution is 5.82. The van der Waals surface area contributed by atoms with E-state index in [9.17, 15) is 0 Å². The predicted octanol–water partition coefficient (Wildman–Crippen LogP) is 2.02. The van der Waals surface area contributed by atoms with Crippen molar-refractivity contribution in [2.45, 2.75) is 19.4 Å². The molecule has 1 unspecified atom stereocenters. The molecule has 0 amide bonds. The number of hydrogen-bond donors (Lipinski definition) is 0. The third kappa shape index (κ3) is 2.02. The Labute approximate surface area is 78.0 Å². The van der Waals surface area contributed by atoms with E-state index in [0.29, 0.717) is 0 Å². The maximum Gasteiger partial charge on any atom is 0.110 e. The first-order valence-corrected chi connectivity index (χ1v) is 4.45. The lowest BCUT2D eigenvalue weighted by molar-refractivity contribution is 0.882. The number of rotatable bonds is 2. The summed E-state index contributed by atoms with van der Waals surface area (Å²) in [4.78, 5) is 8.17. The van der Waals surface area contributed by atoms with Gasteiger partial charge in [0.25, 0.3) is 0 Å². The van der Waals surface area contributed by atoms with Gasteiger partial charge in [-0.2, -0.15) is 0 Å². The van der Waals surface area contributed by atoms with Crippen molar-refractivity contribution in [3.63, 3.8) is 0 Å². The van der Waals surface area contributed by atoms with E-state index in [1.54, 1.807) is 6.34 Å². The van der Waals surface area contributed by atoms with Crippen molar-refractivity contribution in [2.75, 3.05) is 0 Å². The zero-order valence-electron chi connectivity index (χ0n) is 7.64. The lowest BCUT2D eigenvalue weighted by Gasteiger charge is -2.03. The highest BCUT2D eigenvalue weighted by Gasteiger charge is 2.06. The number of nitrogens with zero attached hydrogens (tertiary/aromatic N) is 2. The maximum absolute atomic E-state index is 4.21. The fraction of sp³-hybridized carbons (Fsp3) is 0.273. The molecule has 0 saturated carbocycles. The average Bonchev–Trinajstić information content (AvgIpc) is 2.62. The van der Waals surface area contributed by atoms with Crippen molar-refractivity contribution in [2.24, 2.45) is 9.98 Å². The Morgan fingerprint density at radius 1 is 1.23 bits per heavy atom. The van der Waals surface area contributed by atoms with Gasteiger partial charge in [-0.3, -0.25) is 4.99 Å². The molecule has 0 spiro atoms. The molecule has 0 fully saturated rings. The molecule has 2 rings (SSSR count). The van der Waals surface area contributed by atoms with Crippen molar-refractivity contribution in [3.05, 3.63) is 35.4 Å². The molecule has 0 saturated heterocycles. The summed E-state index contributed by atoms with van der Waals surface area (Å²) >= 11 is 0. The molecule has 13 heavy (non-hydrogen) atoms. The van der Waals surface area contributed by atoms with Gasteiger partial charge in [0, 0.05) is 6.21 Å². The van der Waals surface area contributed by atoms with Gasteiger partial charge >= 0.3 is 0 Å². The molecular weight excluding hydrogens is 160 g/mol. The quantitative estimate of drug-likeness (QED) is 0.652. The normalized spacial score (nSPS) is 19.6. The second kappa shape index (κ2) is 3.52. The van der Waals surface area contributed by atoms with E-state index in [2.05, 4.69) is 41.2 Å². The molecule has 2 heteroatoms. The molecular formula is C11H12N2. The zero-order valence-corrected chi connectivity index (χ0v) is 7.64. The molecule has 0 N–H and O–H groups in total. The largest absolute Gasteiger partial charge is 0.264 e. The minimum Gasteiger partial charge on any atom is -0.264 e. The number of aryl methyl sites for hydroxylation is 1. The third-order valence-corrected chi connectivity index (χ3v) is 2.15. The second-order valence-corrected chi connectivity index (χ2v) is 3.32. The summed E-state index contributed by atoms with van der Waals surface area (Å²) in [6, 6.07) is 8.81. The van der Waals surface area contributed by atoms with Crippen LogP contribution in [0, 0.1) is 6.92 Å². The lowest BCUT2D eigenvalue weighted by atomic mass is 10.1. The van der Waals surface area contributed by atoms with Gasteiger partial charge in [0.1, 0.15) is 6.34 Å². The Morgan fingerprint density at radius 3 is 2.62 bits per heavy atom. The van der Waals surface area contributed by atoms with E-state index in [-0.39, 0.29) is 6.04 Å². The smallest absolute Gasteiger partial charge is 0.110 e. The number of hydrogen-bond acceptors (Lipinski definition) is 2. The molecule has 0 bridgehead atoms. The summed E-state index contributed by atoms with van der Waals surface area (Å²) in [5.41, 5.74) is 2.62. The summed E-state index contributed by atoms with van der Waals surface area (Å²) in [6.07, 6.45) is 4.47. The Balaban J connectivity index is 2.05. The van der Waals surface area contributed by atoms with E-state index >= 15 is 0 Å². The molecule has 1 atom stereocenters. The first-order chi connectivity index (χ1) is 6.34. The summed E-state index contributed by atoms with van der Waals surface area (Å²) < 4.78 is 0. The van der Waals surface area contributed by atoms with Crippen molar-refractivity contribution in [3.8, 4) is 0 Å². The second-order valence-electron chi connectivity index (χ2n) is 3.32. The number of aliphatic imine (C=N–C) groups is 2. The highest BCUT2D eigenvalue weighted by atomic mass is 14.9. The van der Waals surface area contributed by atoms with Gasteiger partial charge in [-0.1, -0.05) is 29.8 Å². The molecule has 0 aliphatic carbocycles.